The third kappa shape index (κ3) is 6.26. The quantitative estimate of drug-likeness (QED) is 0.452. The average Bonchev–Trinajstić information content (AvgIpc) is 3.70. The first-order chi connectivity index (χ1) is 18.9. The first-order valence-electron chi connectivity index (χ1n) is 13.9. The van der Waals surface area contributed by atoms with Gasteiger partial charge in [-0.3, -0.25) is 4.79 Å². The summed E-state index contributed by atoms with van der Waals surface area (Å²) in [6.45, 7) is 7.05. The number of rotatable bonds is 5. The van der Waals surface area contributed by atoms with Crippen molar-refractivity contribution in [1.82, 2.24) is 15.5 Å². The number of hydrogen-bond donors (Lipinski definition) is 2. The molecular formula is C32H36F3N3O2. The minimum absolute atomic E-state index is 0.112. The number of allylic oxidation sites excluding steroid dienone is 2. The number of urea groups is 1. The third-order valence-corrected chi connectivity index (χ3v) is 8.03. The van der Waals surface area contributed by atoms with Crippen molar-refractivity contribution in [2.24, 2.45) is 17.8 Å². The van der Waals surface area contributed by atoms with Gasteiger partial charge in [0.2, 0.25) is 5.91 Å². The number of amides is 3. The van der Waals surface area contributed by atoms with Gasteiger partial charge in [0, 0.05) is 31.1 Å². The van der Waals surface area contributed by atoms with E-state index < -0.39 is 23.2 Å². The minimum Gasteiger partial charge on any atom is -0.355 e. The Morgan fingerprint density at radius 1 is 1.00 bits per heavy atom. The average molecular weight is 552 g/mol. The zero-order valence-corrected chi connectivity index (χ0v) is 23.1. The van der Waals surface area contributed by atoms with Crippen LogP contribution in [0.1, 0.15) is 56.2 Å². The van der Waals surface area contributed by atoms with Crippen molar-refractivity contribution >= 4 is 17.5 Å². The SMILES string of the molecule is CC(C)(C)NC(=O)N1CCC2=C(c3cccc(C(F)(F)F)c3)C=CC(C(=O)NC[C@H]3C[C@@H]3c3ccccc3)C2C1. The van der Waals surface area contributed by atoms with Crippen molar-refractivity contribution in [1.29, 1.82) is 0 Å². The lowest BCUT2D eigenvalue weighted by atomic mass is 9.73. The minimum atomic E-state index is -4.45. The van der Waals surface area contributed by atoms with E-state index in [2.05, 4.69) is 22.8 Å². The van der Waals surface area contributed by atoms with Gasteiger partial charge in [0.15, 0.2) is 0 Å². The van der Waals surface area contributed by atoms with Crippen LogP contribution >= 0.6 is 0 Å². The van der Waals surface area contributed by atoms with E-state index in [4.69, 9.17) is 0 Å². The highest BCUT2D eigenvalue weighted by Crippen LogP contribution is 2.47. The Hall–Kier alpha value is -3.55. The maximum atomic E-state index is 13.5. The number of hydrogen-bond acceptors (Lipinski definition) is 2. The van der Waals surface area contributed by atoms with Crippen molar-refractivity contribution in [3.05, 3.63) is 89.0 Å². The molecule has 5 rings (SSSR count). The number of fused-ring (bicyclic) bond motifs is 1. The highest BCUT2D eigenvalue weighted by Gasteiger charge is 2.41. The second-order valence-electron chi connectivity index (χ2n) is 12.1. The van der Waals surface area contributed by atoms with Crippen molar-refractivity contribution in [3.8, 4) is 0 Å². The van der Waals surface area contributed by atoms with Gasteiger partial charge < -0.3 is 15.5 Å². The Kier molecular flexibility index (Phi) is 7.55. The predicted octanol–water partition coefficient (Wildman–Crippen LogP) is 6.39. The molecule has 0 aromatic heterocycles. The number of piperidine rings is 1. The Bertz CT molecular complexity index is 1330. The van der Waals surface area contributed by atoms with Gasteiger partial charge in [-0.15, -0.1) is 0 Å². The van der Waals surface area contributed by atoms with E-state index in [1.807, 2.05) is 39.0 Å². The molecule has 2 fully saturated rings. The molecule has 1 saturated heterocycles. The van der Waals surface area contributed by atoms with Crippen LogP contribution in [0.3, 0.4) is 0 Å². The molecule has 3 aliphatic rings. The van der Waals surface area contributed by atoms with E-state index in [9.17, 15) is 22.8 Å². The first kappa shape index (κ1) is 28.0. The number of halogens is 3. The molecule has 212 valence electrons. The van der Waals surface area contributed by atoms with Crippen LogP contribution in [-0.2, 0) is 11.0 Å². The molecule has 2 aromatic carbocycles. The predicted molar refractivity (Wildman–Crippen MR) is 149 cm³/mol. The first-order valence-corrected chi connectivity index (χ1v) is 13.9. The van der Waals surface area contributed by atoms with Crippen molar-refractivity contribution in [2.45, 2.75) is 51.2 Å². The molecule has 2 N–H and O–H groups in total. The number of alkyl halides is 3. The summed E-state index contributed by atoms with van der Waals surface area (Å²) in [6.07, 6.45) is 0.656. The van der Waals surface area contributed by atoms with E-state index in [-0.39, 0.29) is 17.9 Å². The van der Waals surface area contributed by atoms with Crippen LogP contribution in [0.2, 0.25) is 0 Å². The molecule has 2 aliphatic carbocycles. The lowest BCUT2D eigenvalue weighted by molar-refractivity contribution is -0.137. The summed E-state index contributed by atoms with van der Waals surface area (Å²) in [5.74, 6) is -0.117. The van der Waals surface area contributed by atoms with Crippen molar-refractivity contribution in [3.63, 3.8) is 0 Å². The van der Waals surface area contributed by atoms with Gasteiger partial charge in [-0.05, 0) is 74.3 Å². The van der Waals surface area contributed by atoms with Crippen LogP contribution in [0, 0.1) is 17.8 Å². The summed E-state index contributed by atoms with van der Waals surface area (Å²) in [7, 11) is 0. The Labute approximate surface area is 233 Å². The number of benzene rings is 2. The Balaban J connectivity index is 1.36. The summed E-state index contributed by atoms with van der Waals surface area (Å²) in [5.41, 5.74) is 2.27. The lowest BCUT2D eigenvalue weighted by Gasteiger charge is -2.41. The summed E-state index contributed by atoms with van der Waals surface area (Å²) in [5, 5.41) is 6.12. The van der Waals surface area contributed by atoms with Gasteiger partial charge in [-0.25, -0.2) is 4.79 Å². The summed E-state index contributed by atoms with van der Waals surface area (Å²) in [6, 6.07) is 15.4. The number of nitrogens with zero attached hydrogens (tertiary/aromatic N) is 1. The second-order valence-corrected chi connectivity index (χ2v) is 12.1. The monoisotopic (exact) mass is 551 g/mol. The van der Waals surface area contributed by atoms with Crippen LogP contribution in [0.5, 0.6) is 0 Å². The Morgan fingerprint density at radius 2 is 1.75 bits per heavy atom. The molecule has 5 nitrogen and oxygen atoms in total. The topological polar surface area (TPSA) is 61.4 Å². The summed E-state index contributed by atoms with van der Waals surface area (Å²) < 4.78 is 40.4. The summed E-state index contributed by atoms with van der Waals surface area (Å²) >= 11 is 0. The molecule has 40 heavy (non-hydrogen) atoms. The number of likely N-dealkylation sites (tertiary alicyclic amines) is 1. The normalized spacial score (nSPS) is 24.4. The molecule has 4 atom stereocenters. The molecule has 1 saturated carbocycles. The highest BCUT2D eigenvalue weighted by molar-refractivity contribution is 5.87. The van der Waals surface area contributed by atoms with E-state index in [1.165, 1.54) is 17.7 Å². The standard InChI is InChI=1S/C32H36F3N3O2/c1-31(2,3)37-30(40)38-15-14-25-24(21-10-7-11-23(16-21)32(33,34)35)12-13-26(28(25)19-38)29(39)36-18-22-17-27(22)20-8-5-4-6-9-20/h4-13,16,22,26-28H,14-15,17-19H2,1-3H3,(H,36,39)(H,37,40)/t22-,26?,27-,28?/m1/s1. The van der Waals surface area contributed by atoms with Crippen molar-refractivity contribution in [2.75, 3.05) is 19.6 Å². The second kappa shape index (κ2) is 10.8. The largest absolute Gasteiger partial charge is 0.416 e. The summed E-state index contributed by atoms with van der Waals surface area (Å²) in [4.78, 5) is 28.2. The van der Waals surface area contributed by atoms with Gasteiger partial charge in [-0.2, -0.15) is 13.2 Å². The van der Waals surface area contributed by atoms with Gasteiger partial charge in [0.25, 0.3) is 0 Å². The fourth-order valence-electron chi connectivity index (χ4n) is 5.92. The van der Waals surface area contributed by atoms with Crippen LogP contribution in [0.4, 0.5) is 18.0 Å². The van der Waals surface area contributed by atoms with Gasteiger partial charge in [-0.1, -0.05) is 60.2 Å². The maximum absolute atomic E-state index is 13.5. The van der Waals surface area contributed by atoms with E-state index in [0.717, 1.165) is 18.1 Å². The maximum Gasteiger partial charge on any atom is 0.416 e. The molecule has 3 amide bonds. The van der Waals surface area contributed by atoms with Crippen LogP contribution in [0.25, 0.3) is 5.57 Å². The Morgan fingerprint density at radius 3 is 2.45 bits per heavy atom. The molecule has 0 spiro atoms. The molecule has 1 heterocycles. The van der Waals surface area contributed by atoms with E-state index in [1.54, 1.807) is 23.1 Å². The van der Waals surface area contributed by atoms with Gasteiger partial charge >= 0.3 is 12.2 Å². The fourth-order valence-corrected chi connectivity index (χ4v) is 5.92. The van der Waals surface area contributed by atoms with E-state index >= 15 is 0 Å². The molecule has 2 aromatic rings. The van der Waals surface area contributed by atoms with Crippen LogP contribution < -0.4 is 10.6 Å². The molecule has 8 heteroatoms. The van der Waals surface area contributed by atoms with Gasteiger partial charge in [0.1, 0.15) is 0 Å². The fraction of sp³-hybridized carbons (Fsp3) is 0.438. The van der Waals surface area contributed by atoms with Gasteiger partial charge in [0.05, 0.1) is 11.5 Å². The lowest BCUT2D eigenvalue weighted by Crippen LogP contribution is -2.53. The highest BCUT2D eigenvalue weighted by atomic mass is 19.4. The smallest absolute Gasteiger partial charge is 0.355 e. The zero-order chi connectivity index (χ0) is 28.7. The van der Waals surface area contributed by atoms with E-state index in [0.29, 0.717) is 49.0 Å². The molecule has 2 unspecified atom stereocenters. The molecule has 0 radical (unpaired) electrons. The zero-order valence-electron chi connectivity index (χ0n) is 23.1. The van der Waals surface area contributed by atoms with Crippen molar-refractivity contribution < 1.29 is 22.8 Å². The van der Waals surface area contributed by atoms with Crippen LogP contribution in [-0.4, -0.2) is 42.0 Å². The molecule has 0 bridgehead atoms. The number of carbonyl (C=O) groups excluding carboxylic acids is 2. The third-order valence-electron chi connectivity index (χ3n) is 8.03. The molecule has 1 aliphatic heterocycles. The number of nitrogens with one attached hydrogen (secondary N) is 2. The molecular weight excluding hydrogens is 515 g/mol. The van der Waals surface area contributed by atoms with Crippen LogP contribution in [0.15, 0.2) is 72.3 Å². The number of carbonyl (C=O) groups is 2.